The third kappa shape index (κ3) is 6.04. The van der Waals surface area contributed by atoms with Crippen LogP contribution in [0.2, 0.25) is 0 Å². The number of amides is 2. The summed E-state index contributed by atoms with van der Waals surface area (Å²) in [4.78, 5) is 32.8. The molecular weight excluding hydrogens is 340 g/mol. The number of nitro benzene ring substituents is 1. The van der Waals surface area contributed by atoms with Crippen molar-refractivity contribution in [2.45, 2.75) is 6.92 Å². The first kappa shape index (κ1) is 18.6. The molecule has 2 aromatic rings. The number of carbonyl (C=O) groups is 2. The van der Waals surface area contributed by atoms with Gasteiger partial charge in [-0.15, -0.1) is 0 Å². The Hall–Kier alpha value is -3.75. The molecule has 0 radical (unpaired) electrons. The number of benzene rings is 2. The average molecular weight is 356 g/mol. The molecule has 0 bridgehead atoms. The van der Waals surface area contributed by atoms with E-state index in [4.69, 9.17) is 4.74 Å². The largest absolute Gasteiger partial charge is 0.484 e. The molecular formula is C17H16N4O5. The van der Waals surface area contributed by atoms with Crippen LogP contribution in [0.3, 0.4) is 0 Å². The van der Waals surface area contributed by atoms with Crippen LogP contribution in [-0.2, 0) is 9.59 Å². The first-order chi connectivity index (χ1) is 12.4. The van der Waals surface area contributed by atoms with Gasteiger partial charge in [-0.2, -0.15) is 5.10 Å². The highest BCUT2D eigenvalue weighted by molar-refractivity contribution is 5.88. The van der Waals surface area contributed by atoms with Gasteiger partial charge in [-0.3, -0.25) is 19.7 Å². The van der Waals surface area contributed by atoms with Crippen LogP contribution < -0.4 is 15.5 Å². The monoisotopic (exact) mass is 356 g/mol. The Kier molecular flexibility index (Phi) is 6.38. The maximum atomic E-state index is 11.7. The molecule has 0 spiro atoms. The van der Waals surface area contributed by atoms with Crippen molar-refractivity contribution in [3.63, 3.8) is 0 Å². The molecule has 0 heterocycles. The van der Waals surface area contributed by atoms with Crippen LogP contribution in [0.5, 0.6) is 5.75 Å². The Labute approximate surface area is 148 Å². The van der Waals surface area contributed by atoms with Crippen molar-refractivity contribution in [3.05, 3.63) is 64.2 Å². The van der Waals surface area contributed by atoms with E-state index in [0.717, 1.165) is 0 Å². The third-order valence-corrected chi connectivity index (χ3v) is 3.03. The van der Waals surface area contributed by atoms with Gasteiger partial charge in [-0.1, -0.05) is 12.1 Å². The van der Waals surface area contributed by atoms with Gasteiger partial charge >= 0.3 is 0 Å². The lowest BCUT2D eigenvalue weighted by atomic mass is 10.2. The molecule has 2 amide bonds. The number of non-ortho nitro benzene ring substituents is 1. The summed E-state index contributed by atoms with van der Waals surface area (Å²) in [7, 11) is 0. The van der Waals surface area contributed by atoms with Crippen LogP contribution >= 0.6 is 0 Å². The van der Waals surface area contributed by atoms with E-state index < -0.39 is 10.8 Å². The number of nitrogens with one attached hydrogen (secondary N) is 2. The molecule has 2 aromatic carbocycles. The zero-order valence-electron chi connectivity index (χ0n) is 13.8. The van der Waals surface area contributed by atoms with Gasteiger partial charge in [0.1, 0.15) is 5.75 Å². The van der Waals surface area contributed by atoms with Crippen LogP contribution in [0.25, 0.3) is 0 Å². The normalized spacial score (nSPS) is 10.3. The molecule has 0 aliphatic heterocycles. The number of carbonyl (C=O) groups excluding carboxylic acids is 2. The zero-order chi connectivity index (χ0) is 18.9. The number of nitro groups is 1. The summed E-state index contributed by atoms with van der Waals surface area (Å²) in [5.41, 5.74) is 3.30. The molecule has 0 atom stereocenters. The quantitative estimate of drug-likeness (QED) is 0.447. The van der Waals surface area contributed by atoms with E-state index in [1.807, 2.05) is 0 Å². The number of hydrogen-bond acceptors (Lipinski definition) is 6. The highest BCUT2D eigenvalue weighted by Crippen LogP contribution is 2.15. The van der Waals surface area contributed by atoms with Gasteiger partial charge in [0.05, 0.1) is 11.1 Å². The van der Waals surface area contributed by atoms with Crippen LogP contribution in [0.4, 0.5) is 11.4 Å². The van der Waals surface area contributed by atoms with E-state index in [1.165, 1.54) is 31.3 Å². The lowest BCUT2D eigenvalue weighted by Gasteiger charge is -2.06. The lowest BCUT2D eigenvalue weighted by Crippen LogP contribution is -2.24. The first-order valence-corrected chi connectivity index (χ1v) is 7.51. The summed E-state index contributed by atoms with van der Waals surface area (Å²) < 4.78 is 5.29. The van der Waals surface area contributed by atoms with E-state index in [9.17, 15) is 19.7 Å². The summed E-state index contributed by atoms with van der Waals surface area (Å²) in [6.45, 7) is 1.15. The summed E-state index contributed by atoms with van der Waals surface area (Å²) >= 11 is 0. The molecule has 134 valence electrons. The van der Waals surface area contributed by atoms with Crippen LogP contribution in [0, 0.1) is 10.1 Å². The highest BCUT2D eigenvalue weighted by Gasteiger charge is 2.05. The standard InChI is InChI=1S/C17H16N4O5/c1-12(22)19-14-5-7-16(8-6-14)26-11-17(23)20-18-10-13-3-2-4-15(9-13)21(24)25/h2-10H,11H2,1H3,(H,19,22)(H,20,23)/b18-10+. The van der Waals surface area contributed by atoms with Gasteiger partial charge in [0.2, 0.25) is 5.91 Å². The molecule has 0 unspecified atom stereocenters. The molecule has 9 nitrogen and oxygen atoms in total. The lowest BCUT2D eigenvalue weighted by molar-refractivity contribution is -0.384. The fourth-order valence-electron chi connectivity index (χ4n) is 1.92. The fraction of sp³-hybridized carbons (Fsp3) is 0.118. The second-order valence-electron chi connectivity index (χ2n) is 5.14. The summed E-state index contributed by atoms with van der Waals surface area (Å²) in [5.74, 6) is -0.214. The van der Waals surface area contributed by atoms with Gasteiger partial charge in [0.15, 0.2) is 6.61 Å². The molecule has 2 N–H and O–H groups in total. The van der Waals surface area contributed by atoms with Crippen LogP contribution in [0.15, 0.2) is 53.6 Å². The molecule has 0 aliphatic carbocycles. The van der Waals surface area contributed by atoms with Crippen molar-refractivity contribution in [1.82, 2.24) is 5.43 Å². The SMILES string of the molecule is CC(=O)Nc1ccc(OCC(=O)N/N=C/c2cccc([N+](=O)[O-])c2)cc1. The van der Waals surface area contributed by atoms with Crippen molar-refractivity contribution >= 4 is 29.4 Å². The Bertz CT molecular complexity index is 833. The molecule has 0 aliphatic rings. The summed E-state index contributed by atoms with van der Waals surface area (Å²) in [6, 6.07) is 12.4. The molecule has 9 heteroatoms. The van der Waals surface area contributed by atoms with E-state index >= 15 is 0 Å². The smallest absolute Gasteiger partial charge is 0.277 e. The topological polar surface area (TPSA) is 123 Å². The summed E-state index contributed by atoms with van der Waals surface area (Å²) in [5, 5.41) is 17.0. The predicted octanol–water partition coefficient (Wildman–Crippen LogP) is 2.08. The second-order valence-corrected chi connectivity index (χ2v) is 5.14. The van der Waals surface area contributed by atoms with E-state index in [2.05, 4.69) is 15.8 Å². The number of nitrogens with zero attached hydrogens (tertiary/aromatic N) is 2. The average Bonchev–Trinajstić information content (AvgIpc) is 2.61. The minimum atomic E-state index is -0.513. The Morgan fingerprint density at radius 1 is 1.23 bits per heavy atom. The number of ether oxygens (including phenoxy) is 1. The number of rotatable bonds is 7. The van der Waals surface area contributed by atoms with E-state index in [1.54, 1.807) is 30.3 Å². The van der Waals surface area contributed by atoms with Gasteiger partial charge in [-0.05, 0) is 24.3 Å². The summed E-state index contributed by atoms with van der Waals surface area (Å²) in [6.07, 6.45) is 1.30. The van der Waals surface area contributed by atoms with Gasteiger partial charge in [-0.25, -0.2) is 5.43 Å². The predicted molar refractivity (Wildman–Crippen MR) is 95.1 cm³/mol. The van der Waals surface area contributed by atoms with Crippen LogP contribution in [-0.4, -0.2) is 29.6 Å². The molecule has 0 fully saturated rings. The second kappa shape index (κ2) is 8.92. The van der Waals surface area contributed by atoms with Crippen molar-refractivity contribution in [2.24, 2.45) is 5.10 Å². The number of hydrazone groups is 1. The molecule has 26 heavy (non-hydrogen) atoms. The molecule has 0 saturated carbocycles. The van der Waals surface area contributed by atoms with Crippen molar-refractivity contribution in [1.29, 1.82) is 0 Å². The maximum absolute atomic E-state index is 11.7. The van der Waals surface area contributed by atoms with Gasteiger partial charge in [0.25, 0.3) is 11.6 Å². The first-order valence-electron chi connectivity index (χ1n) is 7.51. The van der Waals surface area contributed by atoms with E-state index in [-0.39, 0.29) is 18.2 Å². The highest BCUT2D eigenvalue weighted by atomic mass is 16.6. The maximum Gasteiger partial charge on any atom is 0.277 e. The van der Waals surface area contributed by atoms with E-state index in [0.29, 0.717) is 17.0 Å². The number of anilines is 1. The fourth-order valence-corrected chi connectivity index (χ4v) is 1.92. The van der Waals surface area contributed by atoms with Crippen molar-refractivity contribution in [2.75, 3.05) is 11.9 Å². The van der Waals surface area contributed by atoms with Crippen molar-refractivity contribution < 1.29 is 19.2 Å². The van der Waals surface area contributed by atoms with Crippen molar-refractivity contribution in [3.8, 4) is 5.75 Å². The molecule has 0 saturated heterocycles. The molecule has 2 rings (SSSR count). The Balaban J connectivity index is 1.80. The minimum Gasteiger partial charge on any atom is -0.484 e. The Morgan fingerprint density at radius 2 is 1.96 bits per heavy atom. The Morgan fingerprint density at radius 3 is 2.62 bits per heavy atom. The van der Waals surface area contributed by atoms with Gasteiger partial charge < -0.3 is 10.1 Å². The zero-order valence-corrected chi connectivity index (χ0v) is 13.8. The minimum absolute atomic E-state index is 0.0636. The van der Waals surface area contributed by atoms with Gasteiger partial charge in [0, 0.05) is 30.3 Å². The number of hydrogen-bond donors (Lipinski definition) is 2. The molecule has 0 aromatic heterocycles. The third-order valence-electron chi connectivity index (χ3n) is 3.03. The van der Waals surface area contributed by atoms with Crippen LogP contribution in [0.1, 0.15) is 12.5 Å².